The minimum absolute atomic E-state index is 0.130. The summed E-state index contributed by atoms with van der Waals surface area (Å²) in [5.74, 6) is -0.0919. The van der Waals surface area contributed by atoms with E-state index in [1.165, 1.54) is 0 Å². The van der Waals surface area contributed by atoms with Crippen molar-refractivity contribution >= 4 is 21.8 Å². The second-order valence-corrected chi connectivity index (χ2v) is 11.2. The van der Waals surface area contributed by atoms with E-state index in [9.17, 15) is 21.6 Å². The van der Waals surface area contributed by atoms with Gasteiger partial charge in [0.05, 0.1) is 10.6 Å². The summed E-state index contributed by atoms with van der Waals surface area (Å²) in [5.41, 5.74) is 3.65. The minimum Gasteiger partial charge on any atom is -0.406 e. The second kappa shape index (κ2) is 12.1. The Labute approximate surface area is 236 Å². The van der Waals surface area contributed by atoms with Crippen LogP contribution in [0.3, 0.4) is 0 Å². The Hall–Kier alpha value is -4.16. The van der Waals surface area contributed by atoms with Crippen LogP contribution >= 0.6 is 0 Å². The highest BCUT2D eigenvalue weighted by Gasteiger charge is 2.31. The number of benzene rings is 3. The summed E-state index contributed by atoms with van der Waals surface area (Å²) in [4.78, 5) is 11.2. The first-order chi connectivity index (χ1) is 19.6. The molecule has 0 fully saturated rings. The van der Waals surface area contributed by atoms with Crippen molar-refractivity contribution in [1.82, 2.24) is 14.9 Å². The molecule has 0 saturated heterocycles. The molecule has 8 nitrogen and oxygen atoms in total. The largest absolute Gasteiger partial charge is 0.573 e. The molecule has 3 aromatic carbocycles. The summed E-state index contributed by atoms with van der Waals surface area (Å²) in [6, 6.07) is 23.8. The highest BCUT2D eigenvalue weighted by Crippen LogP contribution is 2.29. The van der Waals surface area contributed by atoms with E-state index in [1.54, 1.807) is 0 Å². The summed E-state index contributed by atoms with van der Waals surface area (Å²) >= 11 is 0. The van der Waals surface area contributed by atoms with Crippen LogP contribution in [-0.2, 0) is 36.0 Å². The third-order valence-electron chi connectivity index (χ3n) is 6.53. The zero-order valence-corrected chi connectivity index (χ0v) is 22.8. The predicted octanol–water partition coefficient (Wildman–Crippen LogP) is 5.39. The van der Waals surface area contributed by atoms with E-state index in [0.717, 1.165) is 54.1 Å². The van der Waals surface area contributed by atoms with E-state index < -0.39 is 22.1 Å². The number of alkyl halides is 3. The number of sulfonamides is 1. The van der Waals surface area contributed by atoms with Crippen molar-refractivity contribution in [2.75, 3.05) is 23.1 Å². The third kappa shape index (κ3) is 7.74. The molecule has 0 spiro atoms. The number of aromatic nitrogens is 2. The van der Waals surface area contributed by atoms with Crippen molar-refractivity contribution in [2.45, 2.75) is 37.2 Å². The molecule has 0 atom stereocenters. The van der Waals surface area contributed by atoms with Gasteiger partial charge in [-0.2, -0.15) is 4.98 Å². The first kappa shape index (κ1) is 28.4. The van der Waals surface area contributed by atoms with Crippen LogP contribution in [-0.4, -0.2) is 42.7 Å². The van der Waals surface area contributed by atoms with Crippen molar-refractivity contribution in [2.24, 2.45) is 0 Å². The van der Waals surface area contributed by atoms with Crippen LogP contribution in [0.5, 0.6) is 5.75 Å². The van der Waals surface area contributed by atoms with Gasteiger partial charge in [-0.25, -0.2) is 13.4 Å². The monoisotopic (exact) mass is 583 g/mol. The molecular formula is C29H28F3N5O3S. The van der Waals surface area contributed by atoms with Crippen LogP contribution < -0.4 is 14.8 Å². The topological polar surface area (TPSA) is 96.5 Å². The second-order valence-electron chi connectivity index (χ2n) is 9.55. The zero-order chi connectivity index (χ0) is 28.9. The van der Waals surface area contributed by atoms with E-state index in [-0.39, 0.29) is 10.7 Å². The Morgan fingerprint density at radius 1 is 0.878 bits per heavy atom. The number of hydrogen-bond acceptors (Lipinski definition) is 7. The molecule has 4 aromatic rings. The van der Waals surface area contributed by atoms with E-state index in [2.05, 4.69) is 29.6 Å². The number of ether oxygens (including phenoxy) is 1. The van der Waals surface area contributed by atoms with Gasteiger partial charge in [0.2, 0.25) is 5.95 Å². The molecule has 12 heteroatoms. The summed E-state index contributed by atoms with van der Waals surface area (Å²) in [7, 11) is -4.19. The Bertz CT molecular complexity index is 1570. The molecule has 0 bridgehead atoms. The van der Waals surface area contributed by atoms with Crippen molar-refractivity contribution in [3.05, 3.63) is 107 Å². The Morgan fingerprint density at radius 2 is 1.54 bits per heavy atom. The van der Waals surface area contributed by atoms with Gasteiger partial charge in [0, 0.05) is 38.2 Å². The number of hydrogen-bond donors (Lipinski definition) is 2. The van der Waals surface area contributed by atoms with Gasteiger partial charge >= 0.3 is 6.36 Å². The van der Waals surface area contributed by atoms with Crippen LogP contribution in [0.15, 0.2) is 89.8 Å². The number of rotatable bonds is 10. The standard InChI is InChI=1S/C29H28F3N5O3S/c30-29(31,32)40-23-11-13-24(14-12-23)41(38,39)36-27-25-20-37(19-22-9-5-2-6-10-22)18-16-26(25)34-28(35-27)33-17-15-21-7-3-1-4-8-21/h1-14H,15-20H2,(H2,33,34,35,36). The van der Waals surface area contributed by atoms with Crippen LogP contribution in [0.2, 0.25) is 0 Å². The number of fused-ring (bicyclic) bond motifs is 1. The average molecular weight is 584 g/mol. The van der Waals surface area contributed by atoms with Gasteiger partial charge in [0.1, 0.15) is 11.6 Å². The van der Waals surface area contributed by atoms with Crippen LogP contribution in [0, 0.1) is 0 Å². The SMILES string of the molecule is O=S(=O)(Nc1nc(NCCc2ccccc2)nc2c1CN(Cc1ccccc1)CC2)c1ccc(OC(F)(F)F)cc1. The maximum Gasteiger partial charge on any atom is 0.573 e. The van der Waals surface area contributed by atoms with Crippen LogP contribution in [0.1, 0.15) is 22.4 Å². The third-order valence-corrected chi connectivity index (χ3v) is 7.88. The van der Waals surface area contributed by atoms with Gasteiger partial charge in [0.25, 0.3) is 10.0 Å². The molecule has 0 saturated carbocycles. The lowest BCUT2D eigenvalue weighted by Crippen LogP contribution is -2.32. The molecule has 2 heterocycles. The fraction of sp³-hybridized carbons (Fsp3) is 0.241. The Morgan fingerprint density at radius 3 is 2.20 bits per heavy atom. The molecule has 2 N–H and O–H groups in total. The lowest BCUT2D eigenvalue weighted by molar-refractivity contribution is -0.274. The summed E-state index contributed by atoms with van der Waals surface area (Å²) < 4.78 is 70.6. The zero-order valence-electron chi connectivity index (χ0n) is 21.9. The quantitative estimate of drug-likeness (QED) is 0.259. The summed E-state index contributed by atoms with van der Waals surface area (Å²) in [6.07, 6.45) is -3.57. The number of nitrogens with one attached hydrogen (secondary N) is 2. The number of nitrogens with zero attached hydrogens (tertiary/aromatic N) is 3. The predicted molar refractivity (Wildman–Crippen MR) is 149 cm³/mol. The Kier molecular flexibility index (Phi) is 8.41. The van der Waals surface area contributed by atoms with Crippen molar-refractivity contribution in [3.8, 4) is 5.75 Å². The van der Waals surface area contributed by atoms with E-state index in [1.807, 2.05) is 60.7 Å². The highest BCUT2D eigenvalue weighted by atomic mass is 32.2. The molecule has 0 aliphatic carbocycles. The van der Waals surface area contributed by atoms with E-state index >= 15 is 0 Å². The molecule has 41 heavy (non-hydrogen) atoms. The number of anilines is 2. The molecule has 1 aliphatic heterocycles. The molecule has 1 aliphatic rings. The summed E-state index contributed by atoms with van der Waals surface area (Å²) in [6.45, 7) is 2.36. The molecular weight excluding hydrogens is 555 g/mol. The first-order valence-corrected chi connectivity index (χ1v) is 14.5. The number of halogens is 3. The molecule has 214 valence electrons. The Balaban J connectivity index is 1.39. The van der Waals surface area contributed by atoms with Gasteiger partial charge < -0.3 is 10.1 Å². The van der Waals surface area contributed by atoms with Crippen molar-refractivity contribution in [1.29, 1.82) is 0 Å². The van der Waals surface area contributed by atoms with Crippen LogP contribution in [0.4, 0.5) is 24.9 Å². The molecule has 1 aromatic heterocycles. The normalized spacial score (nSPS) is 13.8. The molecule has 0 radical (unpaired) electrons. The molecule has 5 rings (SSSR count). The lowest BCUT2D eigenvalue weighted by atomic mass is 10.1. The van der Waals surface area contributed by atoms with Gasteiger partial charge in [-0.1, -0.05) is 60.7 Å². The van der Waals surface area contributed by atoms with Gasteiger partial charge in [0.15, 0.2) is 0 Å². The summed E-state index contributed by atoms with van der Waals surface area (Å²) in [5, 5.41) is 3.20. The highest BCUT2D eigenvalue weighted by molar-refractivity contribution is 7.92. The van der Waals surface area contributed by atoms with Crippen molar-refractivity contribution < 1.29 is 26.3 Å². The molecule has 0 unspecified atom stereocenters. The first-order valence-electron chi connectivity index (χ1n) is 13.0. The van der Waals surface area contributed by atoms with E-state index in [0.29, 0.717) is 37.6 Å². The van der Waals surface area contributed by atoms with Crippen LogP contribution in [0.25, 0.3) is 0 Å². The lowest BCUT2D eigenvalue weighted by Gasteiger charge is -2.29. The smallest absolute Gasteiger partial charge is 0.406 e. The minimum atomic E-state index is -4.88. The van der Waals surface area contributed by atoms with Gasteiger partial charge in [-0.15, -0.1) is 13.2 Å². The fourth-order valence-corrected chi connectivity index (χ4v) is 5.62. The van der Waals surface area contributed by atoms with Gasteiger partial charge in [-0.3, -0.25) is 9.62 Å². The maximum absolute atomic E-state index is 13.3. The maximum atomic E-state index is 13.3. The van der Waals surface area contributed by atoms with Gasteiger partial charge in [-0.05, 0) is 41.8 Å². The molecule has 0 amide bonds. The fourth-order valence-electron chi connectivity index (χ4n) is 4.58. The average Bonchev–Trinajstić information content (AvgIpc) is 2.94. The van der Waals surface area contributed by atoms with Crippen molar-refractivity contribution in [3.63, 3.8) is 0 Å². The van der Waals surface area contributed by atoms with E-state index in [4.69, 9.17) is 0 Å².